The van der Waals surface area contributed by atoms with E-state index in [4.69, 9.17) is 9.84 Å². The van der Waals surface area contributed by atoms with Gasteiger partial charge in [-0.3, -0.25) is 9.59 Å². The van der Waals surface area contributed by atoms with E-state index in [1.807, 2.05) is 24.3 Å². The van der Waals surface area contributed by atoms with Crippen molar-refractivity contribution in [3.63, 3.8) is 0 Å². The molecule has 0 bridgehead atoms. The van der Waals surface area contributed by atoms with Crippen molar-refractivity contribution in [3.8, 4) is 11.1 Å². The Kier molecular flexibility index (Phi) is 5.67. The number of carboxylic acids is 1. The minimum absolute atomic E-state index is 0.0322. The summed E-state index contributed by atoms with van der Waals surface area (Å²) in [7, 11) is 0. The van der Waals surface area contributed by atoms with Gasteiger partial charge < -0.3 is 20.5 Å². The highest BCUT2D eigenvalue weighted by atomic mass is 16.5. The molecule has 0 radical (unpaired) electrons. The zero-order valence-corrected chi connectivity index (χ0v) is 17.4. The molecule has 0 saturated heterocycles. The Labute approximate surface area is 180 Å². The second kappa shape index (κ2) is 8.41. The lowest BCUT2D eigenvalue weighted by Crippen LogP contribution is -2.56. The Morgan fingerprint density at radius 2 is 1.65 bits per heavy atom. The summed E-state index contributed by atoms with van der Waals surface area (Å²) in [5, 5.41) is 14.3. The van der Waals surface area contributed by atoms with Gasteiger partial charge >= 0.3 is 12.1 Å². The highest BCUT2D eigenvalue weighted by Crippen LogP contribution is 2.44. The predicted octanol–water partition coefficient (Wildman–Crippen LogP) is 3.43. The third-order valence-electron chi connectivity index (χ3n) is 6.27. The van der Waals surface area contributed by atoms with Gasteiger partial charge in [-0.25, -0.2) is 4.79 Å². The fraction of sp³-hybridized carbons (Fsp3) is 0.375. The zero-order chi connectivity index (χ0) is 22.0. The van der Waals surface area contributed by atoms with Gasteiger partial charge in [-0.15, -0.1) is 0 Å². The summed E-state index contributed by atoms with van der Waals surface area (Å²) in [6, 6.07) is 15.3. The number of nitrogens with one attached hydrogen (secondary N) is 2. The van der Waals surface area contributed by atoms with Crippen LogP contribution in [0.25, 0.3) is 11.1 Å². The van der Waals surface area contributed by atoms with E-state index in [1.165, 1.54) is 6.92 Å². The van der Waals surface area contributed by atoms with Crippen molar-refractivity contribution >= 4 is 18.0 Å². The highest BCUT2D eigenvalue weighted by molar-refractivity contribution is 5.84. The topological polar surface area (TPSA) is 105 Å². The quantitative estimate of drug-likeness (QED) is 0.634. The Hall–Kier alpha value is -3.35. The van der Waals surface area contributed by atoms with Crippen molar-refractivity contribution in [2.75, 3.05) is 6.61 Å². The maximum atomic E-state index is 12.6. The molecule has 1 fully saturated rings. The van der Waals surface area contributed by atoms with Gasteiger partial charge in [0.15, 0.2) is 0 Å². The average Bonchev–Trinajstić information content (AvgIpc) is 3.04. The molecule has 2 aromatic rings. The van der Waals surface area contributed by atoms with Crippen molar-refractivity contribution in [1.82, 2.24) is 10.6 Å². The number of fused-ring (bicyclic) bond motifs is 3. The summed E-state index contributed by atoms with van der Waals surface area (Å²) in [5.41, 5.74) is 3.91. The number of hydrogen-bond acceptors (Lipinski definition) is 4. The summed E-state index contributed by atoms with van der Waals surface area (Å²) < 4.78 is 5.60. The van der Waals surface area contributed by atoms with Crippen LogP contribution >= 0.6 is 0 Å². The lowest BCUT2D eigenvalue weighted by molar-refractivity contribution is -0.141. The third-order valence-corrected chi connectivity index (χ3v) is 6.27. The lowest BCUT2D eigenvalue weighted by Gasteiger charge is -2.41. The number of carbonyl (C=O) groups is 3. The predicted molar refractivity (Wildman–Crippen MR) is 115 cm³/mol. The standard InChI is InChI=1S/C24H26N2O5/c1-15(22(28)29)25-21(27)13-24(11-6-12-24)26-23(30)31-14-20-18-9-4-2-7-16(18)17-8-3-5-10-19(17)20/h2-5,7-10,15,20H,6,11-14H2,1H3,(H,25,27)(H,26,30)(H,28,29). The fourth-order valence-electron chi connectivity index (χ4n) is 4.46. The minimum atomic E-state index is -1.10. The van der Waals surface area contributed by atoms with Gasteiger partial charge in [0.05, 0.1) is 5.54 Å². The summed E-state index contributed by atoms with van der Waals surface area (Å²) in [6.45, 7) is 1.62. The van der Waals surface area contributed by atoms with Gasteiger partial charge in [-0.05, 0) is 48.4 Å². The molecule has 0 spiro atoms. The molecule has 0 aliphatic heterocycles. The van der Waals surface area contributed by atoms with E-state index < -0.39 is 29.6 Å². The van der Waals surface area contributed by atoms with Crippen LogP contribution < -0.4 is 10.6 Å². The normalized spacial score (nSPS) is 16.9. The maximum Gasteiger partial charge on any atom is 0.407 e. The van der Waals surface area contributed by atoms with Crippen LogP contribution in [0.1, 0.15) is 49.7 Å². The number of hydrogen-bond donors (Lipinski definition) is 3. The lowest BCUT2D eigenvalue weighted by atomic mass is 9.74. The van der Waals surface area contributed by atoms with E-state index in [2.05, 4.69) is 34.9 Å². The fourth-order valence-corrected chi connectivity index (χ4v) is 4.46. The van der Waals surface area contributed by atoms with Crippen LogP contribution in [0, 0.1) is 0 Å². The second-order valence-corrected chi connectivity index (χ2v) is 8.39. The molecule has 162 valence electrons. The van der Waals surface area contributed by atoms with Crippen molar-refractivity contribution in [2.45, 2.75) is 50.1 Å². The Morgan fingerprint density at radius 1 is 1.06 bits per heavy atom. The molecule has 4 rings (SSSR count). The molecule has 7 heteroatoms. The molecule has 0 heterocycles. The number of ether oxygens (including phenoxy) is 1. The molecular formula is C24H26N2O5. The van der Waals surface area contributed by atoms with Gasteiger partial charge in [0.25, 0.3) is 0 Å². The summed E-state index contributed by atoms with van der Waals surface area (Å²) in [4.78, 5) is 35.8. The monoisotopic (exact) mass is 422 g/mol. The van der Waals surface area contributed by atoms with E-state index in [0.29, 0.717) is 12.8 Å². The van der Waals surface area contributed by atoms with Crippen LogP contribution in [0.15, 0.2) is 48.5 Å². The SMILES string of the molecule is CC(NC(=O)CC1(NC(=O)OCC2c3ccccc3-c3ccccc32)CCC1)C(=O)O. The summed E-state index contributed by atoms with van der Waals surface area (Å²) >= 11 is 0. The molecule has 2 aromatic carbocycles. The number of benzene rings is 2. The highest BCUT2D eigenvalue weighted by Gasteiger charge is 2.41. The van der Waals surface area contributed by atoms with Crippen molar-refractivity contribution in [1.29, 1.82) is 0 Å². The maximum absolute atomic E-state index is 12.6. The number of carbonyl (C=O) groups excluding carboxylic acids is 2. The summed E-state index contributed by atoms with van der Waals surface area (Å²) in [6.07, 6.45) is 1.69. The van der Waals surface area contributed by atoms with E-state index in [0.717, 1.165) is 28.7 Å². The van der Waals surface area contributed by atoms with Crippen molar-refractivity contribution in [2.24, 2.45) is 0 Å². The molecule has 1 unspecified atom stereocenters. The van der Waals surface area contributed by atoms with Crippen LogP contribution in [0.3, 0.4) is 0 Å². The first-order chi connectivity index (χ1) is 14.9. The first-order valence-corrected chi connectivity index (χ1v) is 10.5. The Balaban J connectivity index is 1.38. The molecular weight excluding hydrogens is 396 g/mol. The smallest absolute Gasteiger partial charge is 0.407 e. The Bertz CT molecular complexity index is 969. The molecule has 1 atom stereocenters. The Morgan fingerprint density at radius 3 is 2.16 bits per heavy atom. The van der Waals surface area contributed by atoms with Gasteiger partial charge in [-0.1, -0.05) is 48.5 Å². The van der Waals surface area contributed by atoms with Crippen molar-refractivity contribution < 1.29 is 24.2 Å². The number of carboxylic acid groups (broad SMARTS) is 1. The molecule has 7 nitrogen and oxygen atoms in total. The van der Waals surface area contributed by atoms with Gasteiger partial charge in [0, 0.05) is 12.3 Å². The van der Waals surface area contributed by atoms with E-state index in [1.54, 1.807) is 0 Å². The largest absolute Gasteiger partial charge is 0.480 e. The molecule has 2 amide bonds. The van der Waals surface area contributed by atoms with Crippen LogP contribution in [0.2, 0.25) is 0 Å². The van der Waals surface area contributed by atoms with Gasteiger partial charge in [0.2, 0.25) is 5.91 Å². The molecule has 3 N–H and O–H groups in total. The molecule has 2 aliphatic carbocycles. The van der Waals surface area contributed by atoms with Crippen LogP contribution in [-0.4, -0.2) is 41.3 Å². The van der Waals surface area contributed by atoms with Crippen LogP contribution in [-0.2, 0) is 14.3 Å². The number of amides is 2. The van der Waals surface area contributed by atoms with E-state index in [-0.39, 0.29) is 18.9 Å². The van der Waals surface area contributed by atoms with Gasteiger partial charge in [-0.2, -0.15) is 0 Å². The van der Waals surface area contributed by atoms with Crippen LogP contribution in [0.5, 0.6) is 0 Å². The first-order valence-electron chi connectivity index (χ1n) is 10.5. The third kappa shape index (κ3) is 4.26. The second-order valence-electron chi connectivity index (χ2n) is 8.39. The molecule has 0 aromatic heterocycles. The average molecular weight is 422 g/mol. The first kappa shape index (κ1) is 20.9. The van der Waals surface area contributed by atoms with E-state index >= 15 is 0 Å². The zero-order valence-electron chi connectivity index (χ0n) is 17.4. The number of alkyl carbamates (subject to hydrolysis) is 1. The molecule has 2 aliphatic rings. The van der Waals surface area contributed by atoms with Crippen molar-refractivity contribution in [3.05, 3.63) is 59.7 Å². The number of aliphatic carboxylic acids is 1. The molecule has 31 heavy (non-hydrogen) atoms. The van der Waals surface area contributed by atoms with Crippen LogP contribution in [0.4, 0.5) is 4.79 Å². The molecule has 1 saturated carbocycles. The van der Waals surface area contributed by atoms with Gasteiger partial charge in [0.1, 0.15) is 12.6 Å². The van der Waals surface area contributed by atoms with E-state index in [9.17, 15) is 14.4 Å². The number of rotatable bonds is 7. The summed E-state index contributed by atoms with van der Waals surface area (Å²) in [5.74, 6) is -1.52. The minimum Gasteiger partial charge on any atom is -0.480 e.